The summed E-state index contributed by atoms with van der Waals surface area (Å²) < 4.78 is 37.2. The van der Waals surface area contributed by atoms with E-state index in [2.05, 4.69) is 5.32 Å². The van der Waals surface area contributed by atoms with Crippen LogP contribution in [0.15, 0.2) is 0 Å². The Bertz CT molecular complexity index is 515. The van der Waals surface area contributed by atoms with Crippen molar-refractivity contribution in [3.05, 3.63) is 0 Å². The number of carbonyl (C=O) groups excluding carboxylic acids is 1. The predicted molar refractivity (Wildman–Crippen MR) is 135 cm³/mol. The summed E-state index contributed by atoms with van der Waals surface area (Å²) in [5.41, 5.74) is 0. The van der Waals surface area contributed by atoms with Crippen LogP contribution in [0.25, 0.3) is 0 Å². The van der Waals surface area contributed by atoms with Gasteiger partial charge in [0.2, 0.25) is 5.91 Å². The molecule has 0 spiro atoms. The summed E-state index contributed by atoms with van der Waals surface area (Å²) in [5, 5.41) is 2.88. The Balaban J connectivity index is 3.28. The van der Waals surface area contributed by atoms with E-state index in [4.69, 9.17) is 44.5 Å². The third-order valence-corrected chi connectivity index (χ3v) is 5.93. The summed E-state index contributed by atoms with van der Waals surface area (Å²) in [5.74, 6) is -0.0204. The van der Waals surface area contributed by atoms with E-state index in [-0.39, 0.29) is 12.0 Å². The third kappa shape index (κ3) is 26.4. The van der Waals surface area contributed by atoms with Gasteiger partial charge >= 0.3 is 6.72 Å². The van der Waals surface area contributed by atoms with Crippen LogP contribution in [0.5, 0.6) is 0 Å². The van der Waals surface area contributed by atoms with Gasteiger partial charge in [0.25, 0.3) is 0 Å². The smallest absolute Gasteiger partial charge is 0.324 e. The Morgan fingerprint density at radius 2 is 1.29 bits per heavy atom. The first-order valence-corrected chi connectivity index (χ1v) is 14.8. The van der Waals surface area contributed by atoms with E-state index in [1.54, 1.807) is 13.8 Å². The summed E-state index contributed by atoms with van der Waals surface area (Å²) in [6.07, 6.45) is 3.75. The van der Waals surface area contributed by atoms with E-state index in [0.717, 1.165) is 25.7 Å². The molecule has 0 aliphatic heterocycles. The topological polar surface area (TPSA) is 114 Å². The van der Waals surface area contributed by atoms with Gasteiger partial charge in [-0.3, -0.25) is 4.79 Å². The molecule has 0 heterocycles. The molecular weight excluding hydrogens is 485 g/mol. The Hall–Kier alpha value is -0.200. The summed E-state index contributed by atoms with van der Waals surface area (Å²) in [6.45, 7) is 8.72. The Kier molecular flexibility index (Phi) is 24.3. The van der Waals surface area contributed by atoms with Gasteiger partial charge in [-0.1, -0.05) is 12.8 Å². The lowest BCUT2D eigenvalue weighted by atomic mass is 10.2. The minimum atomic E-state index is -3.11. The molecule has 2 N–H and O–H groups in total. The predicted octanol–water partition coefficient (Wildman–Crippen LogP) is 2.81. The standard InChI is InChI=1S/C22H46NO9PS/c1-4-26-13-14-28-17-18-30-20-19-29-16-15-27-12-9-22(24)23-10-7-5-6-8-11-31-33(25,34)32-21(2)3/h21H,4-20H2,1-3H3,(H,23,24)(H,25,34). The maximum atomic E-state index is 11.8. The zero-order valence-corrected chi connectivity index (χ0v) is 22.9. The second-order valence-electron chi connectivity index (χ2n) is 7.62. The van der Waals surface area contributed by atoms with Gasteiger partial charge in [-0.25, -0.2) is 0 Å². The molecule has 0 aliphatic rings. The van der Waals surface area contributed by atoms with Crippen LogP contribution in [0.4, 0.5) is 0 Å². The van der Waals surface area contributed by atoms with Crippen molar-refractivity contribution in [1.29, 1.82) is 0 Å². The average Bonchev–Trinajstić information content (AvgIpc) is 2.77. The maximum Gasteiger partial charge on any atom is 0.324 e. The minimum Gasteiger partial charge on any atom is -0.379 e. The van der Waals surface area contributed by atoms with Crippen molar-refractivity contribution in [3.63, 3.8) is 0 Å². The average molecular weight is 532 g/mol. The maximum absolute atomic E-state index is 11.8. The van der Waals surface area contributed by atoms with Gasteiger partial charge in [0.05, 0.1) is 72.2 Å². The molecule has 0 aliphatic carbocycles. The van der Waals surface area contributed by atoms with Crippen LogP contribution in [0, 0.1) is 0 Å². The molecule has 1 amide bonds. The summed E-state index contributed by atoms with van der Waals surface area (Å²) >= 11 is 4.91. The first-order valence-electron chi connectivity index (χ1n) is 12.2. The van der Waals surface area contributed by atoms with Crippen molar-refractivity contribution in [1.82, 2.24) is 5.32 Å². The molecule has 34 heavy (non-hydrogen) atoms. The van der Waals surface area contributed by atoms with Crippen LogP contribution in [-0.4, -0.2) is 96.1 Å². The van der Waals surface area contributed by atoms with Crippen LogP contribution < -0.4 is 5.32 Å². The fraction of sp³-hybridized carbons (Fsp3) is 0.955. The van der Waals surface area contributed by atoms with Gasteiger partial charge in [0.1, 0.15) is 0 Å². The van der Waals surface area contributed by atoms with Crippen LogP contribution >= 0.6 is 6.72 Å². The van der Waals surface area contributed by atoms with Crippen LogP contribution in [-0.2, 0) is 49.3 Å². The number of nitrogens with one attached hydrogen (secondary N) is 1. The molecule has 10 nitrogen and oxygen atoms in total. The lowest BCUT2D eigenvalue weighted by Gasteiger charge is -2.17. The van der Waals surface area contributed by atoms with Crippen molar-refractivity contribution in [3.8, 4) is 0 Å². The van der Waals surface area contributed by atoms with E-state index in [1.807, 2.05) is 6.92 Å². The number of hydrogen-bond acceptors (Lipinski definition) is 9. The highest BCUT2D eigenvalue weighted by molar-refractivity contribution is 8.07. The Morgan fingerprint density at radius 3 is 1.82 bits per heavy atom. The molecule has 0 saturated heterocycles. The lowest BCUT2D eigenvalue weighted by Crippen LogP contribution is -2.25. The lowest BCUT2D eigenvalue weighted by molar-refractivity contribution is -0.122. The molecule has 0 saturated carbocycles. The second kappa shape index (κ2) is 24.5. The normalized spacial score (nSPS) is 13.3. The zero-order valence-electron chi connectivity index (χ0n) is 21.2. The number of ether oxygens (including phenoxy) is 5. The fourth-order valence-corrected chi connectivity index (χ4v) is 4.26. The molecule has 0 radical (unpaired) electrons. The van der Waals surface area contributed by atoms with Crippen LogP contribution in [0.3, 0.4) is 0 Å². The highest BCUT2D eigenvalue weighted by atomic mass is 32.5. The summed E-state index contributed by atoms with van der Waals surface area (Å²) in [4.78, 5) is 21.6. The van der Waals surface area contributed by atoms with Crippen molar-refractivity contribution in [2.45, 2.75) is 59.0 Å². The van der Waals surface area contributed by atoms with Crippen molar-refractivity contribution < 1.29 is 42.4 Å². The van der Waals surface area contributed by atoms with E-state index in [9.17, 15) is 9.69 Å². The third-order valence-electron chi connectivity index (χ3n) is 4.16. The van der Waals surface area contributed by atoms with Gasteiger partial charge in [0, 0.05) is 19.6 Å². The van der Waals surface area contributed by atoms with Crippen LogP contribution in [0.2, 0.25) is 0 Å². The summed E-state index contributed by atoms with van der Waals surface area (Å²) in [7, 11) is 0. The van der Waals surface area contributed by atoms with E-state index < -0.39 is 6.72 Å². The quantitative estimate of drug-likeness (QED) is 0.128. The van der Waals surface area contributed by atoms with E-state index in [0.29, 0.717) is 85.6 Å². The largest absolute Gasteiger partial charge is 0.379 e. The number of unbranched alkanes of at least 4 members (excludes halogenated alkanes) is 3. The van der Waals surface area contributed by atoms with Crippen LogP contribution in [0.1, 0.15) is 52.9 Å². The van der Waals surface area contributed by atoms with Crippen molar-refractivity contribution in [2.75, 3.05) is 79.2 Å². The molecule has 0 fully saturated rings. The Morgan fingerprint density at radius 1 is 0.794 bits per heavy atom. The molecule has 204 valence electrons. The first-order chi connectivity index (χ1) is 16.4. The fourth-order valence-electron chi connectivity index (χ4n) is 2.56. The highest BCUT2D eigenvalue weighted by Crippen LogP contribution is 2.44. The number of carbonyl (C=O) groups is 1. The van der Waals surface area contributed by atoms with E-state index in [1.165, 1.54) is 0 Å². The highest BCUT2D eigenvalue weighted by Gasteiger charge is 2.16. The van der Waals surface area contributed by atoms with Gasteiger partial charge < -0.3 is 42.9 Å². The minimum absolute atomic E-state index is 0.0204. The molecule has 1 unspecified atom stereocenters. The van der Waals surface area contributed by atoms with Gasteiger partial charge in [-0.2, -0.15) is 0 Å². The molecule has 0 aromatic carbocycles. The molecule has 0 rings (SSSR count). The molecular formula is C22H46NO9PS. The van der Waals surface area contributed by atoms with Crippen molar-refractivity contribution in [2.24, 2.45) is 0 Å². The second-order valence-corrected chi connectivity index (χ2v) is 10.4. The zero-order chi connectivity index (χ0) is 25.3. The van der Waals surface area contributed by atoms with Gasteiger partial charge in [-0.15, -0.1) is 0 Å². The SMILES string of the molecule is CCOCCOCCOCCOCCOCCC(=O)NCCCCCCOP(O)(=S)OC(C)C. The monoisotopic (exact) mass is 531 g/mol. The molecule has 0 aromatic heterocycles. The van der Waals surface area contributed by atoms with E-state index >= 15 is 0 Å². The van der Waals surface area contributed by atoms with Gasteiger partial charge in [0.15, 0.2) is 0 Å². The number of hydrogen-bond donors (Lipinski definition) is 2. The first kappa shape index (κ1) is 33.8. The van der Waals surface area contributed by atoms with Gasteiger partial charge in [-0.05, 0) is 45.4 Å². The van der Waals surface area contributed by atoms with Crippen molar-refractivity contribution >= 4 is 24.4 Å². The Labute approximate surface area is 210 Å². The number of rotatable bonds is 26. The number of amides is 1. The molecule has 1 atom stereocenters. The molecule has 0 aromatic rings. The molecule has 12 heteroatoms. The summed E-state index contributed by atoms with van der Waals surface area (Å²) in [6, 6.07) is 0. The molecule has 0 bridgehead atoms.